The number of thiophene rings is 1. The second-order valence-electron chi connectivity index (χ2n) is 7.65. The topological polar surface area (TPSA) is 84.0 Å². The molecule has 0 radical (unpaired) electrons. The molecule has 0 saturated heterocycles. The van der Waals surface area contributed by atoms with Gasteiger partial charge in [-0.2, -0.15) is 0 Å². The first kappa shape index (κ1) is 23.1. The van der Waals surface area contributed by atoms with Crippen LogP contribution < -0.4 is 10.6 Å². The zero-order valence-electron chi connectivity index (χ0n) is 18.9. The quantitative estimate of drug-likeness (QED) is 0.252. The summed E-state index contributed by atoms with van der Waals surface area (Å²) in [6.07, 6.45) is 0. The van der Waals surface area contributed by atoms with Gasteiger partial charge in [-0.25, -0.2) is 9.97 Å². The Bertz CT molecular complexity index is 1390. The molecule has 3 aromatic heterocycles. The third-order valence-electron chi connectivity index (χ3n) is 5.18. The number of hydrogen-bond donors (Lipinski definition) is 2. The molecule has 2 amide bonds. The van der Waals surface area contributed by atoms with Gasteiger partial charge in [0.1, 0.15) is 0 Å². The SMILES string of the molecule is Cc1sc(NC(=O)c2ccc(C(=O)Nc3nc(-c4ccccc4)c(C)s3)s2)nc1-c1ccccc1. The fourth-order valence-corrected chi connectivity index (χ4v) is 5.99. The van der Waals surface area contributed by atoms with E-state index in [0.717, 1.165) is 43.6 Å². The van der Waals surface area contributed by atoms with E-state index in [-0.39, 0.29) is 11.8 Å². The highest BCUT2D eigenvalue weighted by molar-refractivity contribution is 7.18. The van der Waals surface area contributed by atoms with Crippen LogP contribution in [0.2, 0.25) is 0 Å². The predicted molar refractivity (Wildman–Crippen MR) is 145 cm³/mol. The molecule has 0 fully saturated rings. The molecule has 2 N–H and O–H groups in total. The molecule has 0 saturated carbocycles. The van der Waals surface area contributed by atoms with Crippen LogP contribution in [-0.4, -0.2) is 21.8 Å². The molecular formula is C26H20N4O2S3. The number of amides is 2. The van der Waals surface area contributed by atoms with E-state index in [4.69, 9.17) is 0 Å². The molecule has 9 heteroatoms. The number of nitrogens with zero attached hydrogens (tertiary/aromatic N) is 2. The van der Waals surface area contributed by atoms with Gasteiger partial charge in [-0.05, 0) is 26.0 Å². The Morgan fingerprint density at radius 1 is 0.600 bits per heavy atom. The van der Waals surface area contributed by atoms with Crippen LogP contribution in [0, 0.1) is 13.8 Å². The molecule has 0 aliphatic heterocycles. The summed E-state index contributed by atoms with van der Waals surface area (Å²) in [5, 5.41) is 6.76. The molecule has 0 aliphatic carbocycles. The largest absolute Gasteiger partial charge is 0.297 e. The molecule has 3 heterocycles. The maximum absolute atomic E-state index is 12.8. The lowest BCUT2D eigenvalue weighted by molar-refractivity contribution is 0.102. The van der Waals surface area contributed by atoms with E-state index < -0.39 is 0 Å². The zero-order valence-corrected chi connectivity index (χ0v) is 21.3. The van der Waals surface area contributed by atoms with E-state index in [1.807, 2.05) is 74.5 Å². The molecule has 2 aromatic carbocycles. The van der Waals surface area contributed by atoms with Crippen molar-refractivity contribution < 1.29 is 9.59 Å². The third kappa shape index (κ3) is 5.07. The van der Waals surface area contributed by atoms with Crippen molar-refractivity contribution in [3.8, 4) is 22.5 Å². The van der Waals surface area contributed by atoms with Crippen molar-refractivity contribution in [1.29, 1.82) is 0 Å². The van der Waals surface area contributed by atoms with Crippen molar-refractivity contribution in [3.63, 3.8) is 0 Å². The molecule has 0 spiro atoms. The second-order valence-corrected chi connectivity index (χ2v) is 11.1. The molecule has 0 bridgehead atoms. The summed E-state index contributed by atoms with van der Waals surface area (Å²) in [5.74, 6) is -0.585. The van der Waals surface area contributed by atoms with Gasteiger partial charge >= 0.3 is 0 Å². The summed E-state index contributed by atoms with van der Waals surface area (Å²) in [6, 6.07) is 23.0. The second kappa shape index (κ2) is 9.91. The van der Waals surface area contributed by atoms with Crippen molar-refractivity contribution in [3.05, 3.63) is 92.3 Å². The molecule has 5 aromatic rings. The van der Waals surface area contributed by atoms with Gasteiger partial charge in [-0.1, -0.05) is 60.7 Å². The smallest absolute Gasteiger partial charge is 0.267 e. The molecule has 0 aliphatic rings. The number of aryl methyl sites for hydroxylation is 2. The highest BCUT2D eigenvalue weighted by Crippen LogP contribution is 2.32. The average molecular weight is 517 g/mol. The molecule has 174 valence electrons. The number of carbonyl (C=O) groups is 2. The van der Waals surface area contributed by atoms with Gasteiger partial charge in [0, 0.05) is 20.9 Å². The summed E-state index contributed by atoms with van der Waals surface area (Å²) in [6.45, 7) is 3.96. The van der Waals surface area contributed by atoms with E-state index in [1.165, 1.54) is 22.7 Å². The first-order chi connectivity index (χ1) is 17.0. The highest BCUT2D eigenvalue weighted by atomic mass is 32.1. The van der Waals surface area contributed by atoms with E-state index in [2.05, 4.69) is 20.6 Å². The first-order valence-electron chi connectivity index (χ1n) is 10.8. The molecule has 0 unspecified atom stereocenters. The molecule has 0 atom stereocenters. The predicted octanol–water partition coefficient (Wildman–Crippen LogP) is 7.12. The lowest BCUT2D eigenvalue weighted by atomic mass is 10.1. The number of nitrogens with one attached hydrogen (secondary N) is 2. The zero-order chi connectivity index (χ0) is 24.4. The minimum absolute atomic E-state index is 0.293. The van der Waals surface area contributed by atoms with Gasteiger partial charge in [-0.15, -0.1) is 34.0 Å². The molecule has 5 rings (SSSR count). The minimum atomic E-state index is -0.293. The van der Waals surface area contributed by atoms with E-state index >= 15 is 0 Å². The summed E-state index contributed by atoms with van der Waals surface area (Å²) in [4.78, 5) is 37.7. The lowest BCUT2D eigenvalue weighted by Crippen LogP contribution is -2.11. The summed E-state index contributed by atoms with van der Waals surface area (Å²) >= 11 is 3.98. The van der Waals surface area contributed by atoms with Crippen molar-refractivity contribution in [2.75, 3.05) is 10.6 Å². The summed E-state index contributed by atoms with van der Waals surface area (Å²) in [5.41, 5.74) is 3.71. The molecule has 6 nitrogen and oxygen atoms in total. The Kier molecular flexibility index (Phi) is 6.54. The number of carbonyl (C=O) groups excluding carboxylic acids is 2. The van der Waals surface area contributed by atoms with Crippen molar-refractivity contribution >= 4 is 56.1 Å². The van der Waals surface area contributed by atoms with E-state index in [0.29, 0.717) is 20.0 Å². The Labute approximate surface area is 214 Å². The van der Waals surface area contributed by atoms with Crippen LogP contribution in [-0.2, 0) is 0 Å². The third-order valence-corrected chi connectivity index (χ3v) is 8.04. The van der Waals surface area contributed by atoms with Crippen LogP contribution in [0.25, 0.3) is 22.5 Å². The van der Waals surface area contributed by atoms with Gasteiger partial charge in [0.15, 0.2) is 10.3 Å². The fraction of sp³-hybridized carbons (Fsp3) is 0.0769. The standard InChI is InChI=1S/C26H20N4O2S3/c1-15-21(17-9-5-3-6-10-17)27-25(33-15)29-23(31)19-13-14-20(35-19)24(32)30-26-28-22(16(2)34-26)18-11-7-4-8-12-18/h3-14H,1-2H3,(H,27,29,31)(H,28,30,32). The Hall–Kier alpha value is -3.66. The van der Waals surface area contributed by atoms with Gasteiger partial charge in [0.25, 0.3) is 11.8 Å². The van der Waals surface area contributed by atoms with Crippen molar-refractivity contribution in [2.24, 2.45) is 0 Å². The highest BCUT2D eigenvalue weighted by Gasteiger charge is 2.18. The van der Waals surface area contributed by atoms with E-state index in [1.54, 1.807) is 12.1 Å². The Balaban J connectivity index is 1.26. The first-order valence-corrected chi connectivity index (χ1v) is 13.2. The van der Waals surface area contributed by atoms with Gasteiger partial charge in [0.2, 0.25) is 0 Å². The van der Waals surface area contributed by atoms with E-state index in [9.17, 15) is 9.59 Å². The summed E-state index contributed by atoms with van der Waals surface area (Å²) < 4.78 is 0. The van der Waals surface area contributed by atoms with Gasteiger partial charge in [-0.3, -0.25) is 20.2 Å². The number of rotatable bonds is 6. The van der Waals surface area contributed by atoms with Crippen LogP contribution >= 0.6 is 34.0 Å². The van der Waals surface area contributed by atoms with Gasteiger partial charge in [0.05, 0.1) is 21.1 Å². The number of thiazole rings is 2. The number of benzene rings is 2. The molecular weight excluding hydrogens is 497 g/mol. The lowest BCUT2D eigenvalue weighted by Gasteiger charge is -2.00. The van der Waals surface area contributed by atoms with Crippen molar-refractivity contribution in [1.82, 2.24) is 9.97 Å². The Morgan fingerprint density at radius 3 is 1.40 bits per heavy atom. The minimum Gasteiger partial charge on any atom is -0.297 e. The van der Waals surface area contributed by atoms with Crippen molar-refractivity contribution in [2.45, 2.75) is 13.8 Å². The van der Waals surface area contributed by atoms with Crippen LogP contribution in [0.15, 0.2) is 72.8 Å². The maximum atomic E-state index is 12.8. The maximum Gasteiger partial charge on any atom is 0.267 e. The number of hydrogen-bond acceptors (Lipinski definition) is 7. The fourth-order valence-electron chi connectivity index (χ4n) is 3.53. The van der Waals surface area contributed by atoms with Gasteiger partial charge < -0.3 is 0 Å². The summed E-state index contributed by atoms with van der Waals surface area (Å²) in [7, 11) is 0. The average Bonchev–Trinajstić information content (AvgIpc) is 3.59. The Morgan fingerprint density at radius 2 is 1.00 bits per heavy atom. The number of anilines is 2. The van der Waals surface area contributed by atoms with Crippen LogP contribution in [0.1, 0.15) is 29.1 Å². The monoisotopic (exact) mass is 516 g/mol. The normalized spacial score (nSPS) is 10.8. The van der Waals surface area contributed by atoms with Crippen LogP contribution in [0.4, 0.5) is 10.3 Å². The van der Waals surface area contributed by atoms with Crippen LogP contribution in [0.5, 0.6) is 0 Å². The number of aromatic nitrogens is 2. The van der Waals surface area contributed by atoms with Crippen LogP contribution in [0.3, 0.4) is 0 Å². The molecule has 35 heavy (non-hydrogen) atoms.